The van der Waals surface area contributed by atoms with Gasteiger partial charge in [-0.3, -0.25) is 9.59 Å². The molecular formula is C15H23F3N2O3. The van der Waals surface area contributed by atoms with E-state index in [1.54, 1.807) is 4.90 Å². The Morgan fingerprint density at radius 1 is 1.04 bits per heavy atom. The standard InChI is InChI=1S/C15H23F3N2O3/c16-15(17,18)10-14(22)20-5-1-2-12(11-20)3-4-13(21)19-6-8-23-9-7-19/h12H,1-11H2. The predicted molar refractivity (Wildman–Crippen MR) is 76.6 cm³/mol. The molecule has 132 valence electrons. The quantitative estimate of drug-likeness (QED) is 0.787. The summed E-state index contributed by atoms with van der Waals surface area (Å²) in [7, 11) is 0. The van der Waals surface area contributed by atoms with Crippen LogP contribution in [0.3, 0.4) is 0 Å². The molecule has 2 rings (SSSR count). The van der Waals surface area contributed by atoms with Crippen LogP contribution < -0.4 is 0 Å². The molecule has 0 aliphatic carbocycles. The molecule has 0 spiro atoms. The van der Waals surface area contributed by atoms with Crippen molar-refractivity contribution in [2.75, 3.05) is 39.4 Å². The molecule has 5 nitrogen and oxygen atoms in total. The van der Waals surface area contributed by atoms with Crippen molar-refractivity contribution < 1.29 is 27.5 Å². The molecule has 0 aromatic heterocycles. The summed E-state index contributed by atoms with van der Waals surface area (Å²) in [6, 6.07) is 0. The zero-order chi connectivity index (χ0) is 16.9. The monoisotopic (exact) mass is 336 g/mol. The van der Waals surface area contributed by atoms with Gasteiger partial charge < -0.3 is 14.5 Å². The first-order valence-electron chi connectivity index (χ1n) is 8.05. The van der Waals surface area contributed by atoms with Crippen LogP contribution in [0.25, 0.3) is 0 Å². The van der Waals surface area contributed by atoms with E-state index >= 15 is 0 Å². The van der Waals surface area contributed by atoms with Crippen molar-refractivity contribution in [2.45, 2.75) is 38.3 Å². The number of nitrogens with zero attached hydrogens (tertiary/aromatic N) is 2. The summed E-state index contributed by atoms with van der Waals surface area (Å²) in [5.41, 5.74) is 0. The Bertz CT molecular complexity index is 423. The molecule has 0 saturated carbocycles. The minimum absolute atomic E-state index is 0.0621. The van der Waals surface area contributed by atoms with E-state index in [2.05, 4.69) is 0 Å². The molecule has 1 unspecified atom stereocenters. The lowest BCUT2D eigenvalue weighted by Gasteiger charge is -2.33. The summed E-state index contributed by atoms with van der Waals surface area (Å²) in [6.07, 6.45) is -3.31. The maximum Gasteiger partial charge on any atom is 0.397 e. The number of rotatable bonds is 4. The molecule has 1 atom stereocenters. The van der Waals surface area contributed by atoms with Crippen LogP contribution in [0.2, 0.25) is 0 Å². The Balaban J connectivity index is 1.75. The highest BCUT2D eigenvalue weighted by Crippen LogP contribution is 2.25. The van der Waals surface area contributed by atoms with Gasteiger partial charge in [0.25, 0.3) is 0 Å². The van der Waals surface area contributed by atoms with E-state index in [1.165, 1.54) is 4.90 Å². The third kappa shape index (κ3) is 6.01. The smallest absolute Gasteiger partial charge is 0.378 e. The van der Waals surface area contributed by atoms with Gasteiger partial charge in [0.05, 0.1) is 13.2 Å². The zero-order valence-electron chi connectivity index (χ0n) is 13.1. The summed E-state index contributed by atoms with van der Waals surface area (Å²) < 4.78 is 42.1. The van der Waals surface area contributed by atoms with Crippen molar-refractivity contribution in [2.24, 2.45) is 5.92 Å². The number of hydrogen-bond acceptors (Lipinski definition) is 3. The summed E-state index contributed by atoms with van der Waals surface area (Å²) in [4.78, 5) is 26.8. The molecule has 0 bridgehead atoms. The largest absolute Gasteiger partial charge is 0.397 e. The van der Waals surface area contributed by atoms with Gasteiger partial charge in [-0.2, -0.15) is 13.2 Å². The second-order valence-corrected chi connectivity index (χ2v) is 6.17. The predicted octanol–water partition coefficient (Wildman–Crippen LogP) is 1.82. The first kappa shape index (κ1) is 18.0. The number of hydrogen-bond donors (Lipinski definition) is 0. The average Bonchev–Trinajstić information content (AvgIpc) is 2.52. The lowest BCUT2D eigenvalue weighted by Crippen LogP contribution is -2.43. The Hall–Kier alpha value is -1.31. The number of amides is 2. The van der Waals surface area contributed by atoms with Gasteiger partial charge in [0, 0.05) is 32.6 Å². The van der Waals surface area contributed by atoms with Crippen LogP contribution in [0, 0.1) is 5.92 Å². The highest BCUT2D eigenvalue weighted by atomic mass is 19.4. The molecular weight excluding hydrogens is 313 g/mol. The van der Waals surface area contributed by atoms with Crippen molar-refractivity contribution >= 4 is 11.8 Å². The highest BCUT2D eigenvalue weighted by molar-refractivity contribution is 5.77. The van der Waals surface area contributed by atoms with Gasteiger partial charge in [-0.15, -0.1) is 0 Å². The van der Waals surface area contributed by atoms with Crippen LogP contribution >= 0.6 is 0 Å². The zero-order valence-corrected chi connectivity index (χ0v) is 13.1. The number of carbonyl (C=O) groups excluding carboxylic acids is 2. The van der Waals surface area contributed by atoms with Crippen LogP contribution in [0.4, 0.5) is 13.2 Å². The Morgan fingerprint density at radius 3 is 2.39 bits per heavy atom. The summed E-state index contributed by atoms with van der Waals surface area (Å²) in [6.45, 7) is 3.00. The Labute approximate surface area is 133 Å². The van der Waals surface area contributed by atoms with Gasteiger partial charge in [0.1, 0.15) is 6.42 Å². The van der Waals surface area contributed by atoms with Gasteiger partial charge in [-0.1, -0.05) is 0 Å². The molecule has 0 radical (unpaired) electrons. The first-order chi connectivity index (χ1) is 10.8. The topological polar surface area (TPSA) is 49.9 Å². The molecule has 8 heteroatoms. The number of halogens is 3. The molecule has 2 aliphatic rings. The molecule has 23 heavy (non-hydrogen) atoms. The first-order valence-corrected chi connectivity index (χ1v) is 8.05. The molecule has 0 aromatic carbocycles. The van der Waals surface area contributed by atoms with Crippen molar-refractivity contribution in [1.29, 1.82) is 0 Å². The van der Waals surface area contributed by atoms with E-state index in [1.807, 2.05) is 0 Å². The third-order valence-corrected chi connectivity index (χ3v) is 4.35. The van der Waals surface area contributed by atoms with E-state index < -0.39 is 18.5 Å². The highest BCUT2D eigenvalue weighted by Gasteiger charge is 2.35. The van der Waals surface area contributed by atoms with Crippen LogP contribution in [0.1, 0.15) is 32.1 Å². The van der Waals surface area contributed by atoms with E-state index in [4.69, 9.17) is 4.74 Å². The number of piperidine rings is 1. The molecule has 0 aromatic rings. The van der Waals surface area contributed by atoms with Gasteiger partial charge in [-0.25, -0.2) is 0 Å². The van der Waals surface area contributed by atoms with Gasteiger partial charge >= 0.3 is 6.18 Å². The second kappa shape index (κ2) is 7.99. The van der Waals surface area contributed by atoms with E-state index in [-0.39, 0.29) is 11.8 Å². The molecule has 2 aliphatic heterocycles. The second-order valence-electron chi connectivity index (χ2n) is 6.17. The van der Waals surface area contributed by atoms with Crippen LogP contribution in [-0.2, 0) is 14.3 Å². The number of likely N-dealkylation sites (tertiary alicyclic amines) is 1. The van der Waals surface area contributed by atoms with Crippen LogP contribution in [-0.4, -0.2) is 67.2 Å². The van der Waals surface area contributed by atoms with Crippen LogP contribution in [0.5, 0.6) is 0 Å². The SMILES string of the molecule is O=C(CCC1CCCN(C(=O)CC(F)(F)F)C1)N1CCOCC1. The fourth-order valence-corrected chi connectivity index (χ4v) is 3.11. The molecule has 2 fully saturated rings. The van der Waals surface area contributed by atoms with E-state index in [9.17, 15) is 22.8 Å². The minimum atomic E-state index is -4.46. The lowest BCUT2D eigenvalue weighted by atomic mass is 9.93. The van der Waals surface area contributed by atoms with Gasteiger partial charge in [0.15, 0.2) is 0 Å². The summed E-state index contributed by atoms with van der Waals surface area (Å²) >= 11 is 0. The van der Waals surface area contributed by atoms with Gasteiger partial charge in [-0.05, 0) is 25.2 Å². The maximum atomic E-state index is 12.3. The normalized spacial score (nSPS) is 23.0. The van der Waals surface area contributed by atoms with Crippen LogP contribution in [0.15, 0.2) is 0 Å². The summed E-state index contributed by atoms with van der Waals surface area (Å²) in [5, 5.41) is 0. The molecule has 0 N–H and O–H groups in total. The lowest BCUT2D eigenvalue weighted by molar-refractivity contribution is -0.162. The van der Waals surface area contributed by atoms with E-state index in [0.29, 0.717) is 58.7 Å². The fraction of sp³-hybridized carbons (Fsp3) is 0.867. The van der Waals surface area contributed by atoms with Crippen molar-refractivity contribution in [1.82, 2.24) is 9.80 Å². The fourth-order valence-electron chi connectivity index (χ4n) is 3.11. The van der Waals surface area contributed by atoms with Crippen molar-refractivity contribution in [3.8, 4) is 0 Å². The van der Waals surface area contributed by atoms with Crippen molar-refractivity contribution in [3.05, 3.63) is 0 Å². The Morgan fingerprint density at radius 2 is 1.74 bits per heavy atom. The third-order valence-electron chi connectivity index (χ3n) is 4.35. The molecule has 2 saturated heterocycles. The van der Waals surface area contributed by atoms with Gasteiger partial charge in [0.2, 0.25) is 11.8 Å². The molecule has 2 heterocycles. The number of ether oxygens (including phenoxy) is 1. The maximum absolute atomic E-state index is 12.3. The minimum Gasteiger partial charge on any atom is -0.378 e. The summed E-state index contributed by atoms with van der Waals surface area (Å²) in [5.74, 6) is -0.695. The molecule has 2 amide bonds. The number of carbonyl (C=O) groups is 2. The Kier molecular flexibility index (Phi) is 6.26. The van der Waals surface area contributed by atoms with Crippen molar-refractivity contribution in [3.63, 3.8) is 0 Å². The number of alkyl halides is 3. The number of morpholine rings is 1. The average molecular weight is 336 g/mol. The van der Waals surface area contributed by atoms with E-state index in [0.717, 1.165) is 6.42 Å².